The van der Waals surface area contributed by atoms with Crippen molar-refractivity contribution in [3.8, 4) is 11.4 Å². The summed E-state index contributed by atoms with van der Waals surface area (Å²) in [5.74, 6) is 0.613. The molecule has 0 fully saturated rings. The predicted molar refractivity (Wildman–Crippen MR) is 126 cm³/mol. The smallest absolute Gasteiger partial charge is 0.279 e. The molecule has 4 rings (SSSR count). The van der Waals surface area contributed by atoms with E-state index in [1.807, 2.05) is 73.9 Å². The number of hydrogen-bond acceptors (Lipinski definition) is 4. The SMILES string of the molecule is C=CCn1c(C)c(CC(=O)Nc2ccc(C)c(C)c2)c(=O)n2nc(-c3ccccc3)nc12. The van der Waals surface area contributed by atoms with Crippen molar-refractivity contribution in [1.82, 2.24) is 19.2 Å². The molecule has 0 radical (unpaired) electrons. The first-order valence-corrected chi connectivity index (χ1v) is 10.4. The third-order valence-corrected chi connectivity index (χ3v) is 5.60. The zero-order valence-electron chi connectivity index (χ0n) is 18.4. The lowest BCUT2D eigenvalue weighted by molar-refractivity contribution is -0.115. The van der Waals surface area contributed by atoms with Crippen molar-refractivity contribution in [3.63, 3.8) is 0 Å². The molecule has 1 N–H and O–H groups in total. The van der Waals surface area contributed by atoms with Crippen LogP contribution in [0.1, 0.15) is 22.4 Å². The van der Waals surface area contributed by atoms with Crippen molar-refractivity contribution in [2.45, 2.75) is 33.7 Å². The number of nitrogens with one attached hydrogen (secondary N) is 1. The highest BCUT2D eigenvalue weighted by Gasteiger charge is 2.20. The average Bonchev–Trinajstić information content (AvgIpc) is 3.23. The second-order valence-corrected chi connectivity index (χ2v) is 7.81. The van der Waals surface area contributed by atoms with Gasteiger partial charge >= 0.3 is 0 Å². The van der Waals surface area contributed by atoms with Gasteiger partial charge in [-0.1, -0.05) is 42.5 Å². The van der Waals surface area contributed by atoms with Gasteiger partial charge in [-0.2, -0.15) is 9.50 Å². The summed E-state index contributed by atoms with van der Waals surface area (Å²) >= 11 is 0. The Morgan fingerprint density at radius 1 is 1.09 bits per heavy atom. The van der Waals surface area contributed by atoms with E-state index in [1.165, 1.54) is 4.52 Å². The fourth-order valence-electron chi connectivity index (χ4n) is 3.66. The highest BCUT2D eigenvalue weighted by atomic mass is 16.2. The molecule has 0 spiro atoms. The number of allylic oxidation sites excluding steroid dienone is 1. The Morgan fingerprint density at radius 3 is 2.53 bits per heavy atom. The van der Waals surface area contributed by atoms with E-state index in [4.69, 9.17) is 0 Å². The third-order valence-electron chi connectivity index (χ3n) is 5.60. The number of fused-ring (bicyclic) bond motifs is 1. The lowest BCUT2D eigenvalue weighted by atomic mass is 10.1. The van der Waals surface area contributed by atoms with Crippen molar-refractivity contribution in [2.75, 3.05) is 5.32 Å². The summed E-state index contributed by atoms with van der Waals surface area (Å²) in [5.41, 5.74) is 4.46. The van der Waals surface area contributed by atoms with Crippen LogP contribution in [0.3, 0.4) is 0 Å². The Balaban J connectivity index is 1.75. The van der Waals surface area contributed by atoms with Crippen LogP contribution in [-0.4, -0.2) is 25.1 Å². The molecule has 2 aromatic carbocycles. The first-order chi connectivity index (χ1) is 15.4. The number of hydrogen-bond donors (Lipinski definition) is 1. The van der Waals surface area contributed by atoms with E-state index in [9.17, 15) is 9.59 Å². The van der Waals surface area contributed by atoms with Gasteiger partial charge in [0.2, 0.25) is 11.7 Å². The van der Waals surface area contributed by atoms with Crippen molar-refractivity contribution < 1.29 is 4.79 Å². The zero-order valence-corrected chi connectivity index (χ0v) is 18.4. The van der Waals surface area contributed by atoms with Crippen LogP contribution in [0, 0.1) is 20.8 Å². The van der Waals surface area contributed by atoms with Gasteiger partial charge in [-0.25, -0.2) is 0 Å². The lowest BCUT2D eigenvalue weighted by Gasteiger charge is -2.14. The Bertz CT molecular complexity index is 1380. The molecule has 1 amide bonds. The molecular weight excluding hydrogens is 402 g/mol. The minimum absolute atomic E-state index is 0.0643. The van der Waals surface area contributed by atoms with Crippen LogP contribution >= 0.6 is 0 Å². The van der Waals surface area contributed by atoms with Gasteiger partial charge in [-0.3, -0.25) is 9.59 Å². The number of benzene rings is 2. The molecule has 32 heavy (non-hydrogen) atoms. The maximum atomic E-state index is 13.3. The summed E-state index contributed by atoms with van der Waals surface area (Å²) < 4.78 is 3.13. The van der Waals surface area contributed by atoms with Gasteiger partial charge in [0, 0.05) is 29.1 Å². The maximum Gasteiger partial charge on any atom is 0.279 e. The quantitative estimate of drug-likeness (QED) is 0.474. The third kappa shape index (κ3) is 3.97. The number of carbonyl (C=O) groups excluding carboxylic acids is 1. The van der Waals surface area contributed by atoms with Gasteiger partial charge in [0.15, 0.2) is 5.82 Å². The standard InChI is InChI=1S/C25H25N5O2/c1-5-13-29-18(4)21(15-22(31)26-20-12-11-16(2)17(3)14-20)24(32)30-25(29)27-23(28-30)19-9-7-6-8-10-19/h5-12,14H,1,13,15H2,2-4H3,(H,26,31). The molecule has 4 aromatic rings. The van der Waals surface area contributed by atoms with E-state index in [-0.39, 0.29) is 17.9 Å². The van der Waals surface area contributed by atoms with Gasteiger partial charge in [0.05, 0.1) is 6.42 Å². The Morgan fingerprint density at radius 2 is 1.84 bits per heavy atom. The van der Waals surface area contributed by atoms with E-state index < -0.39 is 0 Å². The molecule has 0 atom stereocenters. The summed E-state index contributed by atoms with van der Waals surface area (Å²) in [6.45, 7) is 10.1. The highest BCUT2D eigenvalue weighted by molar-refractivity contribution is 5.92. The van der Waals surface area contributed by atoms with Gasteiger partial charge in [0.25, 0.3) is 5.56 Å². The second-order valence-electron chi connectivity index (χ2n) is 7.81. The fraction of sp³-hybridized carbons (Fsp3) is 0.200. The van der Waals surface area contributed by atoms with Crippen LogP contribution in [0.15, 0.2) is 66.0 Å². The number of amides is 1. The lowest BCUT2D eigenvalue weighted by Crippen LogP contribution is -2.29. The zero-order chi connectivity index (χ0) is 22.8. The molecule has 0 aliphatic heterocycles. The number of rotatable bonds is 6. The van der Waals surface area contributed by atoms with Crippen molar-refractivity contribution in [2.24, 2.45) is 0 Å². The van der Waals surface area contributed by atoms with Crippen LogP contribution in [-0.2, 0) is 17.8 Å². The Hall–Kier alpha value is -4.00. The Kier molecular flexibility index (Phi) is 5.73. The normalized spacial score (nSPS) is 11.0. The molecule has 0 unspecified atom stereocenters. The molecule has 0 saturated carbocycles. The maximum absolute atomic E-state index is 13.3. The largest absolute Gasteiger partial charge is 0.326 e. The van der Waals surface area contributed by atoms with Crippen molar-refractivity contribution >= 4 is 17.4 Å². The van der Waals surface area contributed by atoms with Gasteiger partial charge in [-0.05, 0) is 44.0 Å². The molecule has 0 aliphatic rings. The molecular formula is C25H25N5O2. The number of carbonyl (C=O) groups is 1. The summed E-state index contributed by atoms with van der Waals surface area (Å²) in [6.07, 6.45) is 1.67. The molecule has 0 saturated heterocycles. The summed E-state index contributed by atoms with van der Waals surface area (Å²) in [4.78, 5) is 30.7. The second kappa shape index (κ2) is 8.63. The van der Waals surface area contributed by atoms with Gasteiger partial charge in [-0.15, -0.1) is 11.7 Å². The summed E-state index contributed by atoms with van der Waals surface area (Å²) in [5, 5.41) is 7.34. The summed E-state index contributed by atoms with van der Waals surface area (Å²) in [7, 11) is 0. The average molecular weight is 428 g/mol. The van der Waals surface area contributed by atoms with Crippen LogP contribution in [0.2, 0.25) is 0 Å². The van der Waals surface area contributed by atoms with E-state index in [0.717, 1.165) is 16.7 Å². The van der Waals surface area contributed by atoms with E-state index in [2.05, 4.69) is 22.0 Å². The molecule has 2 aromatic heterocycles. The fourth-order valence-corrected chi connectivity index (χ4v) is 3.66. The Labute approximate surface area is 186 Å². The minimum atomic E-state index is -0.345. The monoisotopic (exact) mass is 427 g/mol. The molecule has 2 heterocycles. The molecule has 0 bridgehead atoms. The van der Waals surface area contributed by atoms with Crippen LogP contribution in [0.4, 0.5) is 5.69 Å². The first-order valence-electron chi connectivity index (χ1n) is 10.4. The van der Waals surface area contributed by atoms with Crippen molar-refractivity contribution in [3.05, 3.63) is 93.9 Å². The number of aromatic nitrogens is 4. The molecule has 7 nitrogen and oxygen atoms in total. The first kappa shape index (κ1) is 21.2. The molecule has 7 heteroatoms. The number of nitrogens with zero attached hydrogens (tertiary/aromatic N) is 4. The number of aryl methyl sites for hydroxylation is 2. The van der Waals surface area contributed by atoms with Gasteiger partial charge in [0.1, 0.15) is 0 Å². The van der Waals surface area contributed by atoms with Crippen molar-refractivity contribution in [1.29, 1.82) is 0 Å². The van der Waals surface area contributed by atoms with E-state index in [0.29, 0.717) is 35.1 Å². The number of anilines is 1. The highest BCUT2D eigenvalue weighted by Crippen LogP contribution is 2.18. The summed E-state index contributed by atoms with van der Waals surface area (Å²) in [6, 6.07) is 15.2. The van der Waals surface area contributed by atoms with Crippen LogP contribution < -0.4 is 10.9 Å². The van der Waals surface area contributed by atoms with Gasteiger partial charge < -0.3 is 9.88 Å². The van der Waals surface area contributed by atoms with Crippen LogP contribution in [0.5, 0.6) is 0 Å². The minimum Gasteiger partial charge on any atom is -0.326 e. The predicted octanol–water partition coefficient (Wildman–Crippen LogP) is 3.85. The van der Waals surface area contributed by atoms with E-state index >= 15 is 0 Å². The molecule has 162 valence electrons. The topological polar surface area (TPSA) is 81.3 Å². The van der Waals surface area contributed by atoms with Crippen LogP contribution in [0.25, 0.3) is 17.2 Å². The molecule has 0 aliphatic carbocycles. The van der Waals surface area contributed by atoms with E-state index in [1.54, 1.807) is 6.08 Å².